The number of nitrogens with one attached hydrogen (secondary N) is 2. The number of aromatic nitrogens is 1. The summed E-state index contributed by atoms with van der Waals surface area (Å²) in [5.74, 6) is -0.407. The first-order valence-electron chi connectivity index (χ1n) is 13.4. The zero-order valence-corrected chi connectivity index (χ0v) is 26.5. The topological polar surface area (TPSA) is 155 Å². The number of carboxylic acid groups (broad SMARTS) is 2. The normalized spacial score (nSPS) is 11.9. The lowest BCUT2D eigenvalue weighted by Crippen LogP contribution is -2.66. The van der Waals surface area contributed by atoms with E-state index in [1.54, 1.807) is 73.8 Å². The second-order valence-electron chi connectivity index (χ2n) is 11.9. The van der Waals surface area contributed by atoms with Crippen LogP contribution >= 0.6 is 11.3 Å². The molecule has 0 atom stereocenters. The molecule has 2 rings (SSSR count). The molecule has 0 spiro atoms. The van der Waals surface area contributed by atoms with Crippen molar-refractivity contribution in [3.05, 3.63) is 46.5 Å². The number of aryl methyl sites for hydroxylation is 2. The van der Waals surface area contributed by atoms with Gasteiger partial charge in [0.2, 0.25) is 11.8 Å². The third kappa shape index (κ3) is 9.47. The van der Waals surface area contributed by atoms with Crippen LogP contribution < -0.4 is 10.6 Å². The highest BCUT2D eigenvalue weighted by atomic mass is 32.1. The summed E-state index contributed by atoms with van der Waals surface area (Å²) >= 11 is 1.28. The Morgan fingerprint density at radius 3 is 1.88 bits per heavy atom. The molecule has 230 valence electrons. The zero-order chi connectivity index (χ0) is 32.0. The molecule has 13 heteroatoms. The van der Waals surface area contributed by atoms with Crippen molar-refractivity contribution in [3.63, 3.8) is 0 Å². The van der Waals surface area contributed by atoms with Gasteiger partial charge in [0.15, 0.2) is 11.4 Å². The van der Waals surface area contributed by atoms with E-state index in [-0.39, 0.29) is 11.8 Å². The van der Waals surface area contributed by atoms with Crippen LogP contribution in [0.1, 0.15) is 64.6 Å². The summed E-state index contributed by atoms with van der Waals surface area (Å²) in [4.78, 5) is 57.2. The lowest BCUT2D eigenvalue weighted by molar-refractivity contribution is -0.123. The Kier molecular flexibility index (Phi) is 11.1. The molecule has 4 N–H and O–H groups in total. The Labute approximate surface area is 251 Å². The van der Waals surface area contributed by atoms with Gasteiger partial charge in [-0.05, 0) is 78.2 Å². The smallest absolute Gasteiger partial charge is 0.410 e. The molecule has 0 unspecified atom stereocenters. The molecular weight excluding hydrogens is 560 g/mol. The van der Waals surface area contributed by atoms with E-state index < -0.39 is 29.6 Å². The molecule has 12 nitrogen and oxygen atoms in total. The van der Waals surface area contributed by atoms with E-state index in [9.17, 15) is 29.4 Å². The Morgan fingerprint density at radius 1 is 0.929 bits per heavy atom. The molecule has 42 heavy (non-hydrogen) atoms. The van der Waals surface area contributed by atoms with Crippen LogP contribution in [0.2, 0.25) is 0 Å². The molecule has 1 aromatic carbocycles. The molecule has 0 fully saturated rings. The van der Waals surface area contributed by atoms with Crippen LogP contribution in [0.4, 0.5) is 20.4 Å². The molecule has 0 aliphatic carbocycles. The number of benzene rings is 1. The van der Waals surface area contributed by atoms with E-state index in [2.05, 4.69) is 15.6 Å². The predicted molar refractivity (Wildman–Crippen MR) is 165 cm³/mol. The van der Waals surface area contributed by atoms with Gasteiger partial charge in [-0.3, -0.25) is 19.4 Å². The number of anilines is 2. The number of hydrogen-bond acceptors (Lipinski definition) is 7. The standard InChI is InChI=1S/C29H42N6O6S/c1-18(36)30-24-32-21(22(42-24)16-17-23(37)33(8)9)15-12-19-10-13-20(14-11-19)31-25(34(26(38)39)28(2,3)4)35(27(40)41)29(5,6)7/h10-11,13-14,16-17,25,31H,12,15H2,1-9H3,(H,38,39)(H,40,41)(H,30,32,36)/b17-16+. The lowest BCUT2D eigenvalue weighted by Gasteiger charge is -2.48. The van der Waals surface area contributed by atoms with Gasteiger partial charge < -0.3 is 25.7 Å². The Bertz CT molecular complexity index is 1280. The van der Waals surface area contributed by atoms with E-state index in [1.807, 2.05) is 12.1 Å². The minimum Gasteiger partial charge on any atom is -0.465 e. The molecule has 0 aliphatic heterocycles. The van der Waals surface area contributed by atoms with E-state index in [1.165, 1.54) is 29.2 Å². The Morgan fingerprint density at radius 2 is 1.45 bits per heavy atom. The largest absolute Gasteiger partial charge is 0.465 e. The third-order valence-corrected chi connectivity index (χ3v) is 7.05. The molecular formula is C29H42N6O6S. The maximum Gasteiger partial charge on any atom is 0.410 e. The number of hydrogen-bond donors (Lipinski definition) is 4. The number of thiazole rings is 1. The van der Waals surface area contributed by atoms with Crippen LogP contribution in [0.5, 0.6) is 0 Å². The van der Waals surface area contributed by atoms with Crippen LogP contribution in [-0.2, 0) is 22.4 Å². The van der Waals surface area contributed by atoms with Gasteiger partial charge in [-0.25, -0.2) is 14.6 Å². The van der Waals surface area contributed by atoms with Gasteiger partial charge in [-0.2, -0.15) is 0 Å². The van der Waals surface area contributed by atoms with Crippen molar-refractivity contribution in [2.24, 2.45) is 0 Å². The number of carbonyl (C=O) groups is 4. The number of carbonyl (C=O) groups excluding carboxylic acids is 2. The van der Waals surface area contributed by atoms with Gasteiger partial charge in [0.1, 0.15) is 0 Å². The highest BCUT2D eigenvalue weighted by molar-refractivity contribution is 7.16. The van der Waals surface area contributed by atoms with Crippen molar-refractivity contribution in [2.45, 2.75) is 78.7 Å². The lowest BCUT2D eigenvalue weighted by atomic mass is 10.0. The predicted octanol–water partition coefficient (Wildman–Crippen LogP) is 5.24. The van der Waals surface area contributed by atoms with Gasteiger partial charge in [0.25, 0.3) is 0 Å². The van der Waals surface area contributed by atoms with Crippen molar-refractivity contribution in [2.75, 3.05) is 24.7 Å². The van der Waals surface area contributed by atoms with E-state index in [0.717, 1.165) is 25.9 Å². The van der Waals surface area contributed by atoms with Crippen LogP contribution in [0.3, 0.4) is 0 Å². The average molecular weight is 603 g/mol. The van der Waals surface area contributed by atoms with Gasteiger partial charge >= 0.3 is 12.2 Å². The first-order chi connectivity index (χ1) is 19.3. The van der Waals surface area contributed by atoms with Crippen LogP contribution in [-0.4, -0.2) is 85.4 Å². The van der Waals surface area contributed by atoms with Crippen molar-refractivity contribution >= 4 is 52.2 Å². The minimum atomic E-state index is -1.26. The maximum absolute atomic E-state index is 12.3. The summed E-state index contributed by atoms with van der Waals surface area (Å²) in [6, 6.07) is 7.29. The molecule has 1 heterocycles. The highest BCUT2D eigenvalue weighted by Gasteiger charge is 2.43. The number of nitrogens with zero attached hydrogens (tertiary/aromatic N) is 4. The summed E-state index contributed by atoms with van der Waals surface area (Å²) in [6.07, 6.45) is 0.573. The van der Waals surface area contributed by atoms with Gasteiger partial charge in [0, 0.05) is 43.9 Å². The minimum absolute atomic E-state index is 0.169. The summed E-state index contributed by atoms with van der Waals surface area (Å²) in [6.45, 7) is 11.6. The fourth-order valence-electron chi connectivity index (χ4n) is 4.11. The monoisotopic (exact) mass is 602 g/mol. The summed E-state index contributed by atoms with van der Waals surface area (Å²) < 4.78 is 0. The van der Waals surface area contributed by atoms with Gasteiger partial charge in [-0.1, -0.05) is 23.5 Å². The van der Waals surface area contributed by atoms with Crippen molar-refractivity contribution in [3.8, 4) is 0 Å². The number of amides is 4. The van der Waals surface area contributed by atoms with Crippen LogP contribution in [0.25, 0.3) is 6.08 Å². The average Bonchev–Trinajstić information content (AvgIpc) is 3.20. The number of likely N-dealkylation sites (N-methyl/N-ethyl adjacent to an activating group) is 1. The highest BCUT2D eigenvalue weighted by Crippen LogP contribution is 2.28. The molecule has 0 saturated heterocycles. The molecule has 0 saturated carbocycles. The molecule has 4 amide bonds. The third-order valence-electron chi connectivity index (χ3n) is 6.08. The van der Waals surface area contributed by atoms with Crippen LogP contribution in [0, 0.1) is 0 Å². The summed E-state index contributed by atoms with van der Waals surface area (Å²) in [5.41, 5.74) is 0.424. The van der Waals surface area contributed by atoms with Crippen molar-refractivity contribution in [1.29, 1.82) is 0 Å². The van der Waals surface area contributed by atoms with Gasteiger partial charge in [-0.15, -0.1) is 0 Å². The first kappa shape index (κ1) is 34.1. The fourth-order valence-corrected chi connectivity index (χ4v) is 5.07. The quantitative estimate of drug-likeness (QED) is 0.213. The molecule has 0 radical (unpaired) electrons. The molecule has 0 bridgehead atoms. The summed E-state index contributed by atoms with van der Waals surface area (Å²) in [7, 11) is 3.32. The van der Waals surface area contributed by atoms with E-state index >= 15 is 0 Å². The zero-order valence-electron chi connectivity index (χ0n) is 25.7. The second kappa shape index (κ2) is 13.7. The number of rotatable bonds is 10. The van der Waals surface area contributed by atoms with E-state index in [0.29, 0.717) is 23.7 Å². The Balaban J connectivity index is 2.32. The molecule has 1 aromatic heterocycles. The first-order valence-corrected chi connectivity index (χ1v) is 14.2. The van der Waals surface area contributed by atoms with Gasteiger partial charge in [0.05, 0.1) is 10.6 Å². The Hall–Kier alpha value is -4.13. The SMILES string of the molecule is CC(=O)Nc1nc(CCc2ccc(NC(N(C(=O)O)C(C)(C)C)N(C(=O)O)C(C)(C)C)cc2)c(/C=C/C(=O)N(C)C)s1. The van der Waals surface area contributed by atoms with E-state index in [4.69, 9.17) is 0 Å². The van der Waals surface area contributed by atoms with Crippen molar-refractivity contribution in [1.82, 2.24) is 19.7 Å². The maximum atomic E-state index is 12.3. The fraction of sp³-hybridized carbons (Fsp3) is 0.483. The molecule has 2 aromatic rings. The second-order valence-corrected chi connectivity index (χ2v) is 13.0. The van der Waals surface area contributed by atoms with Crippen molar-refractivity contribution < 1.29 is 29.4 Å². The summed E-state index contributed by atoms with van der Waals surface area (Å²) in [5, 5.41) is 26.4. The van der Waals surface area contributed by atoms with Crippen LogP contribution in [0.15, 0.2) is 30.3 Å². The molecule has 0 aliphatic rings.